The monoisotopic (exact) mass is 347 g/mol. The number of hydrogen-bond donors (Lipinski definition) is 1. The molecule has 3 aromatic heterocycles. The van der Waals surface area contributed by atoms with Gasteiger partial charge in [-0.1, -0.05) is 17.3 Å². The number of nitrogens with zero attached hydrogens (tertiary/aromatic N) is 4. The zero-order valence-corrected chi connectivity index (χ0v) is 14.4. The predicted octanol–water partition coefficient (Wildman–Crippen LogP) is 2.96. The Morgan fingerprint density at radius 1 is 1.23 bits per heavy atom. The Kier molecular flexibility index (Phi) is 3.96. The minimum Gasteiger partial charge on any atom is -0.469 e. The number of benzene rings is 1. The molecule has 1 aromatic carbocycles. The van der Waals surface area contributed by atoms with E-state index in [0.29, 0.717) is 17.9 Å². The summed E-state index contributed by atoms with van der Waals surface area (Å²) in [6.07, 6.45) is 5.14. The van der Waals surface area contributed by atoms with Crippen molar-refractivity contribution in [3.8, 4) is 5.69 Å². The van der Waals surface area contributed by atoms with Crippen molar-refractivity contribution in [3.63, 3.8) is 0 Å². The number of aromatic nitrogens is 4. The molecule has 0 aliphatic rings. The second kappa shape index (κ2) is 6.44. The normalized spacial score (nSPS) is 11.0. The van der Waals surface area contributed by atoms with Crippen molar-refractivity contribution in [1.29, 1.82) is 0 Å². The van der Waals surface area contributed by atoms with Crippen LogP contribution < -0.4 is 5.32 Å². The van der Waals surface area contributed by atoms with Gasteiger partial charge < -0.3 is 9.73 Å². The van der Waals surface area contributed by atoms with E-state index in [2.05, 4.69) is 20.6 Å². The van der Waals surface area contributed by atoms with Gasteiger partial charge in [0.25, 0.3) is 5.91 Å². The van der Waals surface area contributed by atoms with Gasteiger partial charge in [0.2, 0.25) is 0 Å². The Hall–Kier alpha value is -3.48. The summed E-state index contributed by atoms with van der Waals surface area (Å²) in [5.74, 6) is 0.520. The summed E-state index contributed by atoms with van der Waals surface area (Å²) in [7, 11) is 0. The van der Waals surface area contributed by atoms with Crippen molar-refractivity contribution >= 4 is 16.7 Å². The fourth-order valence-corrected chi connectivity index (χ4v) is 2.91. The van der Waals surface area contributed by atoms with Gasteiger partial charge in [-0.05, 0) is 32.0 Å². The molecule has 1 N–H and O–H groups in total. The molecule has 0 aliphatic carbocycles. The number of pyridine rings is 1. The molecule has 26 heavy (non-hydrogen) atoms. The molecule has 0 aliphatic heterocycles. The molecule has 0 fully saturated rings. The number of carbonyl (C=O) groups is 1. The van der Waals surface area contributed by atoms with Gasteiger partial charge in [-0.3, -0.25) is 9.78 Å². The van der Waals surface area contributed by atoms with Crippen molar-refractivity contribution in [2.75, 3.05) is 0 Å². The maximum Gasteiger partial charge on any atom is 0.274 e. The van der Waals surface area contributed by atoms with Crippen molar-refractivity contribution < 1.29 is 9.21 Å². The zero-order chi connectivity index (χ0) is 18.1. The van der Waals surface area contributed by atoms with Crippen LogP contribution in [0.1, 0.15) is 27.5 Å². The molecule has 130 valence electrons. The number of hydrogen-bond acceptors (Lipinski definition) is 5. The number of furan rings is 1. The topological polar surface area (TPSA) is 85.8 Å². The number of carbonyl (C=O) groups excluding carboxylic acids is 1. The van der Waals surface area contributed by atoms with Crippen molar-refractivity contribution in [2.24, 2.45) is 0 Å². The van der Waals surface area contributed by atoms with Gasteiger partial charge in [-0.25, -0.2) is 4.68 Å². The van der Waals surface area contributed by atoms with Crippen LogP contribution in [0.4, 0.5) is 0 Å². The van der Waals surface area contributed by atoms with Gasteiger partial charge in [0.1, 0.15) is 5.76 Å². The van der Waals surface area contributed by atoms with E-state index in [9.17, 15) is 4.79 Å². The molecule has 1 amide bonds. The first-order valence-electron chi connectivity index (χ1n) is 8.21. The minimum absolute atomic E-state index is 0.267. The Balaban J connectivity index is 1.63. The fourth-order valence-electron chi connectivity index (χ4n) is 2.91. The highest BCUT2D eigenvalue weighted by Crippen LogP contribution is 2.22. The molecule has 0 unspecified atom stereocenters. The Morgan fingerprint density at radius 3 is 2.92 bits per heavy atom. The summed E-state index contributed by atoms with van der Waals surface area (Å²) in [6.45, 7) is 4.07. The Bertz CT molecular complexity index is 1090. The van der Waals surface area contributed by atoms with Gasteiger partial charge in [0, 0.05) is 35.3 Å². The van der Waals surface area contributed by atoms with Crippen LogP contribution in [0, 0.1) is 13.8 Å². The SMILES string of the molecule is Cc1occc1CNC(=O)c1nnn(-c2cccc3cnccc23)c1C. The molecule has 0 bridgehead atoms. The van der Waals surface area contributed by atoms with Gasteiger partial charge in [0.15, 0.2) is 5.69 Å². The molecule has 4 aromatic rings. The lowest BCUT2D eigenvalue weighted by atomic mass is 10.1. The number of nitrogens with one attached hydrogen (secondary N) is 1. The van der Waals surface area contributed by atoms with E-state index >= 15 is 0 Å². The first-order chi connectivity index (χ1) is 12.6. The lowest BCUT2D eigenvalue weighted by molar-refractivity contribution is 0.0945. The molecular weight excluding hydrogens is 330 g/mol. The maximum absolute atomic E-state index is 12.5. The van der Waals surface area contributed by atoms with E-state index in [1.165, 1.54) is 0 Å². The van der Waals surface area contributed by atoms with Crippen molar-refractivity contribution in [3.05, 3.63) is 71.7 Å². The van der Waals surface area contributed by atoms with Crippen LogP contribution in [0.15, 0.2) is 53.4 Å². The number of fused-ring (bicyclic) bond motifs is 1. The smallest absolute Gasteiger partial charge is 0.274 e. The molecule has 4 rings (SSSR count). The highest BCUT2D eigenvalue weighted by Gasteiger charge is 2.18. The summed E-state index contributed by atoms with van der Waals surface area (Å²) in [4.78, 5) is 16.7. The van der Waals surface area contributed by atoms with Crippen LogP contribution in [0.25, 0.3) is 16.5 Å². The summed E-state index contributed by atoms with van der Waals surface area (Å²) in [5.41, 5.74) is 2.78. The highest BCUT2D eigenvalue weighted by atomic mass is 16.3. The van der Waals surface area contributed by atoms with Crippen LogP contribution in [0.5, 0.6) is 0 Å². The quantitative estimate of drug-likeness (QED) is 0.613. The third-order valence-electron chi connectivity index (χ3n) is 4.40. The highest BCUT2D eigenvalue weighted by molar-refractivity contribution is 5.94. The van der Waals surface area contributed by atoms with Crippen LogP contribution in [-0.4, -0.2) is 25.9 Å². The number of amides is 1. The van der Waals surface area contributed by atoms with E-state index in [4.69, 9.17) is 4.42 Å². The predicted molar refractivity (Wildman–Crippen MR) is 96.0 cm³/mol. The van der Waals surface area contributed by atoms with E-state index in [-0.39, 0.29) is 5.91 Å². The second-order valence-electron chi connectivity index (χ2n) is 5.99. The molecule has 7 heteroatoms. The third kappa shape index (κ3) is 2.73. The second-order valence-corrected chi connectivity index (χ2v) is 5.99. The van der Waals surface area contributed by atoms with E-state index < -0.39 is 0 Å². The third-order valence-corrected chi connectivity index (χ3v) is 4.40. The first kappa shape index (κ1) is 16.0. The molecule has 0 saturated heterocycles. The molecule has 0 radical (unpaired) electrons. The summed E-state index contributed by atoms with van der Waals surface area (Å²) < 4.78 is 6.92. The minimum atomic E-state index is -0.267. The number of aryl methyl sites for hydroxylation is 1. The summed E-state index contributed by atoms with van der Waals surface area (Å²) in [6, 6.07) is 9.62. The average molecular weight is 347 g/mol. The average Bonchev–Trinajstić information content (AvgIpc) is 3.24. The Morgan fingerprint density at radius 2 is 2.12 bits per heavy atom. The molecule has 0 spiro atoms. The largest absolute Gasteiger partial charge is 0.469 e. The van der Waals surface area contributed by atoms with Gasteiger partial charge in [-0.2, -0.15) is 0 Å². The molecule has 0 atom stereocenters. The Labute approximate surface area is 149 Å². The fraction of sp³-hybridized carbons (Fsp3) is 0.158. The lowest BCUT2D eigenvalue weighted by Crippen LogP contribution is -2.24. The van der Waals surface area contributed by atoms with Crippen LogP contribution in [0.2, 0.25) is 0 Å². The molecule has 0 saturated carbocycles. The zero-order valence-electron chi connectivity index (χ0n) is 14.4. The van der Waals surface area contributed by atoms with Crippen LogP contribution in [0.3, 0.4) is 0 Å². The molecular formula is C19H17N5O2. The maximum atomic E-state index is 12.5. The lowest BCUT2D eigenvalue weighted by Gasteiger charge is -2.08. The van der Waals surface area contributed by atoms with E-state index in [0.717, 1.165) is 27.8 Å². The van der Waals surface area contributed by atoms with Crippen molar-refractivity contribution in [1.82, 2.24) is 25.3 Å². The molecule has 3 heterocycles. The first-order valence-corrected chi connectivity index (χ1v) is 8.21. The van der Waals surface area contributed by atoms with E-state index in [1.807, 2.05) is 44.2 Å². The van der Waals surface area contributed by atoms with Crippen LogP contribution >= 0.6 is 0 Å². The summed E-state index contributed by atoms with van der Waals surface area (Å²) in [5, 5.41) is 13.1. The van der Waals surface area contributed by atoms with Crippen molar-refractivity contribution in [2.45, 2.75) is 20.4 Å². The molecule has 7 nitrogen and oxygen atoms in total. The standard InChI is InChI=1S/C19H17N5O2/c1-12-18(19(25)21-11-14-7-9-26-13(14)2)22-23-24(12)17-5-3-4-15-10-20-8-6-16(15)17/h3-10H,11H2,1-2H3,(H,21,25). The van der Waals surface area contributed by atoms with Crippen LogP contribution in [-0.2, 0) is 6.54 Å². The van der Waals surface area contributed by atoms with E-state index in [1.54, 1.807) is 23.3 Å². The van der Waals surface area contributed by atoms with Gasteiger partial charge in [-0.15, -0.1) is 5.10 Å². The van der Waals surface area contributed by atoms with Gasteiger partial charge >= 0.3 is 0 Å². The number of rotatable bonds is 4. The van der Waals surface area contributed by atoms with Gasteiger partial charge in [0.05, 0.1) is 17.6 Å². The summed E-state index contributed by atoms with van der Waals surface area (Å²) >= 11 is 0.